The van der Waals surface area contributed by atoms with E-state index in [-0.39, 0.29) is 12.1 Å². The van der Waals surface area contributed by atoms with E-state index in [2.05, 4.69) is 20.5 Å². The van der Waals surface area contributed by atoms with E-state index in [1.807, 2.05) is 0 Å². The number of methoxy groups -OCH3 is 1. The number of anilines is 1. The Morgan fingerprint density at radius 3 is 2.88 bits per heavy atom. The lowest BCUT2D eigenvalue weighted by atomic mass is 10.0. The summed E-state index contributed by atoms with van der Waals surface area (Å²) in [5, 5.41) is 32.4. The number of nitrogens with one attached hydrogen (secondary N) is 1. The second-order valence-electron chi connectivity index (χ2n) is 8.03. The number of nitrogens with zero attached hydrogens (tertiary/aromatic N) is 5. The van der Waals surface area contributed by atoms with Gasteiger partial charge in [0.05, 0.1) is 31.1 Å². The Morgan fingerprint density at radius 2 is 2.15 bits per heavy atom. The van der Waals surface area contributed by atoms with Crippen LogP contribution in [0.5, 0.6) is 5.75 Å². The molecular weight excluding hydrogens is 448 g/mol. The number of aliphatic hydroxyl groups excluding tert-OH is 1. The van der Waals surface area contributed by atoms with E-state index in [0.29, 0.717) is 33.4 Å². The number of carbonyl (C=O) groups is 1. The van der Waals surface area contributed by atoms with E-state index in [1.165, 1.54) is 36.4 Å². The van der Waals surface area contributed by atoms with Gasteiger partial charge in [-0.1, -0.05) is 11.6 Å². The van der Waals surface area contributed by atoms with Gasteiger partial charge in [-0.2, -0.15) is 10.2 Å². The highest BCUT2D eigenvalue weighted by molar-refractivity contribution is 6.31. The van der Waals surface area contributed by atoms with Gasteiger partial charge in [-0.3, -0.25) is 9.48 Å². The van der Waals surface area contributed by atoms with Crippen LogP contribution >= 0.6 is 11.6 Å². The molecule has 11 heteroatoms. The lowest BCUT2D eigenvalue weighted by Gasteiger charge is -2.24. The van der Waals surface area contributed by atoms with Gasteiger partial charge in [0.25, 0.3) is 5.91 Å². The van der Waals surface area contributed by atoms with Crippen molar-refractivity contribution in [3.05, 3.63) is 59.6 Å². The molecule has 4 aromatic rings. The van der Waals surface area contributed by atoms with Gasteiger partial charge in [-0.25, -0.2) is 9.50 Å². The van der Waals surface area contributed by atoms with Crippen LogP contribution in [0.1, 0.15) is 24.2 Å². The highest BCUT2D eigenvalue weighted by Crippen LogP contribution is 2.36. The Morgan fingerprint density at radius 1 is 1.36 bits per heavy atom. The lowest BCUT2D eigenvalue weighted by Crippen LogP contribution is -2.39. The number of rotatable bonds is 7. The topological polar surface area (TPSA) is 127 Å². The first-order valence-electron chi connectivity index (χ1n) is 10.1. The molecule has 0 spiro atoms. The second-order valence-corrected chi connectivity index (χ2v) is 8.46. The summed E-state index contributed by atoms with van der Waals surface area (Å²) in [5.74, 6) is 0.0642. The molecule has 3 heterocycles. The molecule has 33 heavy (non-hydrogen) atoms. The van der Waals surface area contributed by atoms with Gasteiger partial charge in [0.1, 0.15) is 23.1 Å². The van der Waals surface area contributed by atoms with E-state index >= 15 is 0 Å². The summed E-state index contributed by atoms with van der Waals surface area (Å²) in [6.07, 6.45) is 5.17. The molecule has 1 unspecified atom stereocenters. The van der Waals surface area contributed by atoms with Gasteiger partial charge in [0.15, 0.2) is 5.65 Å². The van der Waals surface area contributed by atoms with Crippen LogP contribution < -0.4 is 10.1 Å². The molecular formula is C22H23ClN6O4. The first-order chi connectivity index (χ1) is 15.7. The number of amides is 1. The number of aliphatic hydroxyl groups is 2. The lowest BCUT2D eigenvalue weighted by molar-refractivity contribution is -0.0566. The van der Waals surface area contributed by atoms with Gasteiger partial charge in [0.2, 0.25) is 0 Å². The van der Waals surface area contributed by atoms with Crippen molar-refractivity contribution in [2.45, 2.75) is 32.1 Å². The van der Waals surface area contributed by atoms with Gasteiger partial charge >= 0.3 is 0 Å². The van der Waals surface area contributed by atoms with Crippen LogP contribution in [0.15, 0.2) is 49.1 Å². The molecule has 1 aromatic carbocycles. The molecule has 0 aliphatic carbocycles. The predicted molar refractivity (Wildman–Crippen MR) is 122 cm³/mol. The average Bonchev–Trinajstić information content (AvgIpc) is 3.37. The zero-order chi connectivity index (χ0) is 23.8. The summed E-state index contributed by atoms with van der Waals surface area (Å²) in [4.78, 5) is 17.3. The number of halogens is 1. The third-order valence-corrected chi connectivity index (χ3v) is 5.36. The summed E-state index contributed by atoms with van der Waals surface area (Å²) in [6.45, 7) is 3.00. The molecule has 0 aliphatic heterocycles. The first kappa shape index (κ1) is 22.7. The van der Waals surface area contributed by atoms with Crippen molar-refractivity contribution in [3.8, 4) is 17.0 Å². The number of hydrogen-bond donors (Lipinski definition) is 3. The van der Waals surface area contributed by atoms with Crippen LogP contribution in [0.3, 0.4) is 0 Å². The molecule has 1 atom stereocenters. The van der Waals surface area contributed by atoms with Gasteiger partial charge in [-0.15, -0.1) is 0 Å². The Labute approximate surface area is 194 Å². The summed E-state index contributed by atoms with van der Waals surface area (Å²) in [6, 6.07) is 6.76. The van der Waals surface area contributed by atoms with Crippen LogP contribution in [0.25, 0.3) is 16.9 Å². The van der Waals surface area contributed by atoms with Crippen LogP contribution in [-0.4, -0.2) is 59.3 Å². The third kappa shape index (κ3) is 4.68. The Bertz CT molecular complexity index is 1310. The van der Waals surface area contributed by atoms with Crippen molar-refractivity contribution in [1.29, 1.82) is 0 Å². The smallest absolute Gasteiger partial charge is 0.261 e. The van der Waals surface area contributed by atoms with E-state index in [4.69, 9.17) is 16.3 Å². The average molecular weight is 471 g/mol. The summed E-state index contributed by atoms with van der Waals surface area (Å²) < 4.78 is 8.40. The number of benzene rings is 1. The molecule has 0 radical (unpaired) electrons. The van der Waals surface area contributed by atoms with Crippen molar-refractivity contribution < 1.29 is 19.7 Å². The Balaban J connectivity index is 1.75. The van der Waals surface area contributed by atoms with Gasteiger partial charge < -0.3 is 20.3 Å². The molecule has 3 N–H and O–H groups in total. The predicted octanol–water partition coefficient (Wildman–Crippen LogP) is 2.64. The van der Waals surface area contributed by atoms with Gasteiger partial charge in [0, 0.05) is 29.2 Å². The zero-order valence-corrected chi connectivity index (χ0v) is 19.0. The summed E-state index contributed by atoms with van der Waals surface area (Å²) in [7, 11) is 1.52. The van der Waals surface area contributed by atoms with Crippen LogP contribution in [0.2, 0.25) is 5.02 Å². The Kier molecular flexibility index (Phi) is 6.07. The van der Waals surface area contributed by atoms with Crippen molar-refractivity contribution in [3.63, 3.8) is 0 Å². The Hall–Kier alpha value is -3.47. The molecule has 1 amide bonds. The monoisotopic (exact) mass is 470 g/mol. The van der Waals surface area contributed by atoms with Crippen molar-refractivity contribution in [2.75, 3.05) is 12.4 Å². The molecule has 0 bridgehead atoms. The van der Waals surface area contributed by atoms with Crippen LogP contribution in [0.4, 0.5) is 5.69 Å². The van der Waals surface area contributed by atoms with Crippen LogP contribution in [0, 0.1) is 0 Å². The van der Waals surface area contributed by atoms with Crippen molar-refractivity contribution >= 4 is 28.8 Å². The fraction of sp³-hybridized carbons (Fsp3) is 0.273. The van der Waals surface area contributed by atoms with Crippen molar-refractivity contribution in [1.82, 2.24) is 24.4 Å². The zero-order valence-electron chi connectivity index (χ0n) is 18.2. The maximum Gasteiger partial charge on any atom is 0.261 e. The molecule has 172 valence electrons. The molecule has 0 fully saturated rings. The molecule has 0 aliphatic rings. The SMILES string of the molecule is COc1ccc(Cl)cc1-c1nn(CC(O)C(C)(C)O)cc1NC(=O)c1cnn2cccnc12. The number of fused-ring (bicyclic) bond motifs is 1. The maximum absolute atomic E-state index is 13.1. The van der Waals surface area contributed by atoms with Crippen LogP contribution in [-0.2, 0) is 6.54 Å². The standard InChI is InChI=1S/C22H23ClN6O4/c1-22(2,32)18(30)12-28-11-16(19(27-28)14-9-13(23)5-6-17(14)33-3)26-21(31)15-10-25-29-8-4-7-24-20(15)29/h4-11,18,30,32H,12H2,1-3H3,(H,26,31). The van der Waals surface area contributed by atoms with Gasteiger partial charge in [-0.05, 0) is 38.1 Å². The molecule has 10 nitrogen and oxygen atoms in total. The van der Waals surface area contributed by atoms with E-state index in [1.54, 1.807) is 42.9 Å². The fourth-order valence-corrected chi connectivity index (χ4v) is 3.42. The third-order valence-electron chi connectivity index (χ3n) is 5.13. The number of hydrogen-bond acceptors (Lipinski definition) is 7. The minimum absolute atomic E-state index is 0.00643. The summed E-state index contributed by atoms with van der Waals surface area (Å²) in [5.41, 5.74) is 0.640. The molecule has 0 saturated heterocycles. The highest BCUT2D eigenvalue weighted by atomic mass is 35.5. The second kappa shape index (κ2) is 8.81. The van der Waals surface area contributed by atoms with E-state index < -0.39 is 17.6 Å². The number of carbonyl (C=O) groups excluding carboxylic acids is 1. The minimum atomic E-state index is -1.34. The first-order valence-corrected chi connectivity index (χ1v) is 10.5. The maximum atomic E-state index is 13.1. The fourth-order valence-electron chi connectivity index (χ4n) is 3.25. The summed E-state index contributed by atoms with van der Waals surface area (Å²) >= 11 is 6.21. The largest absolute Gasteiger partial charge is 0.496 e. The normalized spacial score (nSPS) is 12.7. The number of ether oxygens (including phenoxy) is 1. The quantitative estimate of drug-likeness (QED) is 0.379. The molecule has 0 saturated carbocycles. The van der Waals surface area contributed by atoms with E-state index in [9.17, 15) is 15.0 Å². The highest BCUT2D eigenvalue weighted by Gasteiger charge is 2.27. The molecule has 3 aromatic heterocycles. The number of aromatic nitrogens is 5. The minimum Gasteiger partial charge on any atom is -0.496 e. The molecule has 4 rings (SSSR count). The van der Waals surface area contributed by atoms with Crippen molar-refractivity contribution in [2.24, 2.45) is 0 Å². The van der Waals surface area contributed by atoms with E-state index in [0.717, 1.165) is 0 Å².